The number of amides is 1. The van der Waals surface area contributed by atoms with E-state index in [0.29, 0.717) is 16.8 Å². The van der Waals surface area contributed by atoms with Gasteiger partial charge in [-0.2, -0.15) is 0 Å². The fourth-order valence-electron chi connectivity index (χ4n) is 2.28. The number of carbonyl (C=O) groups excluding carboxylic acids is 3. The Kier molecular flexibility index (Phi) is 6.40. The first kappa shape index (κ1) is 20.7. The molecule has 0 saturated heterocycles. The second-order valence-electron chi connectivity index (χ2n) is 7.37. The highest BCUT2D eigenvalue weighted by Crippen LogP contribution is 2.21. The molecule has 0 saturated carbocycles. The number of aromatic nitrogens is 1. The molecule has 0 aliphatic carbocycles. The van der Waals surface area contributed by atoms with E-state index >= 15 is 0 Å². The van der Waals surface area contributed by atoms with Crippen molar-refractivity contribution < 1.29 is 23.9 Å². The highest BCUT2D eigenvalue weighted by atomic mass is 16.6. The van der Waals surface area contributed by atoms with Crippen molar-refractivity contribution in [3.8, 4) is 0 Å². The summed E-state index contributed by atoms with van der Waals surface area (Å²) in [6, 6.07) is 0. The lowest BCUT2D eigenvalue weighted by Crippen LogP contribution is -2.46. The zero-order valence-corrected chi connectivity index (χ0v) is 16.2. The number of H-pyrrole nitrogens is 1. The Morgan fingerprint density at radius 1 is 1.00 bits per heavy atom. The largest absolute Gasteiger partial charge is 0.459 e. The molecule has 0 aliphatic rings. The molecule has 1 heterocycles. The van der Waals surface area contributed by atoms with Gasteiger partial charge in [-0.05, 0) is 61.0 Å². The van der Waals surface area contributed by atoms with Crippen LogP contribution < -0.4 is 5.32 Å². The maximum absolute atomic E-state index is 12.4. The van der Waals surface area contributed by atoms with Crippen LogP contribution >= 0.6 is 0 Å². The van der Waals surface area contributed by atoms with Crippen LogP contribution in [0.4, 0.5) is 0 Å². The van der Waals surface area contributed by atoms with Crippen molar-refractivity contribution >= 4 is 17.8 Å². The summed E-state index contributed by atoms with van der Waals surface area (Å²) >= 11 is 0. The van der Waals surface area contributed by atoms with Gasteiger partial charge in [0.05, 0.1) is 11.7 Å². The number of hydrogen-bond donors (Lipinski definition) is 2. The van der Waals surface area contributed by atoms with Crippen molar-refractivity contribution in [1.82, 2.24) is 10.3 Å². The predicted octanol–water partition coefficient (Wildman–Crippen LogP) is 2.66. The first-order valence-electron chi connectivity index (χ1n) is 8.26. The van der Waals surface area contributed by atoms with Gasteiger partial charge < -0.3 is 19.8 Å². The van der Waals surface area contributed by atoms with Crippen molar-refractivity contribution in [1.29, 1.82) is 0 Å². The van der Waals surface area contributed by atoms with Crippen molar-refractivity contribution in [2.45, 2.75) is 73.1 Å². The van der Waals surface area contributed by atoms with E-state index in [2.05, 4.69) is 10.3 Å². The average molecular weight is 352 g/mol. The van der Waals surface area contributed by atoms with E-state index in [-0.39, 0.29) is 17.7 Å². The number of hydrogen-bond acceptors (Lipinski definition) is 5. The molecular weight excluding hydrogens is 324 g/mol. The molecule has 25 heavy (non-hydrogen) atoms. The number of esters is 2. The first-order chi connectivity index (χ1) is 11.3. The maximum atomic E-state index is 12.4. The van der Waals surface area contributed by atoms with Gasteiger partial charge in [-0.3, -0.25) is 4.79 Å². The van der Waals surface area contributed by atoms with E-state index in [1.54, 1.807) is 27.7 Å². The van der Waals surface area contributed by atoms with Crippen molar-refractivity contribution in [2.75, 3.05) is 0 Å². The third-order valence-corrected chi connectivity index (χ3v) is 3.34. The third-order valence-electron chi connectivity index (χ3n) is 3.34. The maximum Gasteiger partial charge on any atom is 0.355 e. The minimum Gasteiger partial charge on any atom is -0.459 e. The van der Waals surface area contributed by atoms with Crippen molar-refractivity contribution in [3.05, 3.63) is 22.5 Å². The number of aromatic amines is 1. The molecule has 0 bridgehead atoms. The van der Waals surface area contributed by atoms with Crippen LogP contribution in [-0.2, 0) is 14.3 Å². The highest BCUT2D eigenvalue weighted by molar-refractivity contribution is 5.99. The SMILES string of the molecule is Cc1[nH]c(C(=O)O[C@@H](C)C(=O)NC(C)(C)C)c(C)c1C(=O)OC(C)C. The number of carbonyl (C=O) groups is 3. The Morgan fingerprint density at radius 2 is 1.56 bits per heavy atom. The average Bonchev–Trinajstić information content (AvgIpc) is 2.71. The Labute approximate surface area is 148 Å². The standard InChI is InChI=1S/C18H28N2O5/c1-9(2)24-16(22)13-10(3)14(19-11(13)4)17(23)25-12(5)15(21)20-18(6,7)8/h9,12,19H,1-8H3,(H,20,21)/t12-/m0/s1. The minimum atomic E-state index is -0.958. The van der Waals surface area contributed by atoms with Crippen LogP contribution in [0.2, 0.25) is 0 Å². The lowest BCUT2D eigenvalue weighted by molar-refractivity contribution is -0.130. The fraction of sp³-hybridized carbons (Fsp3) is 0.611. The van der Waals surface area contributed by atoms with E-state index in [1.165, 1.54) is 6.92 Å². The summed E-state index contributed by atoms with van der Waals surface area (Å²) in [7, 11) is 0. The van der Waals surface area contributed by atoms with Gasteiger partial charge in [0.2, 0.25) is 0 Å². The van der Waals surface area contributed by atoms with Gasteiger partial charge in [-0.15, -0.1) is 0 Å². The number of rotatable bonds is 5. The summed E-state index contributed by atoms with van der Waals surface area (Å²) in [5, 5.41) is 2.75. The summed E-state index contributed by atoms with van der Waals surface area (Å²) in [5.41, 5.74) is 0.985. The van der Waals surface area contributed by atoms with Gasteiger partial charge in [-0.1, -0.05) is 0 Å². The van der Waals surface area contributed by atoms with Crippen LogP contribution in [-0.4, -0.2) is 40.6 Å². The Bertz CT molecular complexity index is 668. The molecule has 140 valence electrons. The van der Waals surface area contributed by atoms with E-state index in [0.717, 1.165) is 0 Å². The highest BCUT2D eigenvalue weighted by Gasteiger charge is 2.27. The second kappa shape index (κ2) is 7.72. The van der Waals surface area contributed by atoms with E-state index in [9.17, 15) is 14.4 Å². The van der Waals surface area contributed by atoms with Gasteiger partial charge in [-0.25, -0.2) is 9.59 Å². The summed E-state index contributed by atoms with van der Waals surface area (Å²) in [6.45, 7) is 13.8. The lowest BCUT2D eigenvalue weighted by atomic mass is 10.1. The molecule has 7 heteroatoms. The van der Waals surface area contributed by atoms with Crippen LogP contribution in [0.5, 0.6) is 0 Å². The van der Waals surface area contributed by atoms with E-state index in [1.807, 2.05) is 20.8 Å². The molecule has 1 atom stereocenters. The molecule has 7 nitrogen and oxygen atoms in total. The number of ether oxygens (including phenoxy) is 2. The van der Waals surface area contributed by atoms with Gasteiger partial charge in [0, 0.05) is 11.2 Å². The summed E-state index contributed by atoms with van der Waals surface area (Å²) in [4.78, 5) is 39.4. The molecule has 1 rings (SSSR count). The van der Waals surface area contributed by atoms with Crippen LogP contribution in [0.15, 0.2) is 0 Å². The van der Waals surface area contributed by atoms with Gasteiger partial charge >= 0.3 is 11.9 Å². The summed E-state index contributed by atoms with van der Waals surface area (Å²) in [6.07, 6.45) is -1.22. The third kappa shape index (κ3) is 5.62. The fourth-order valence-corrected chi connectivity index (χ4v) is 2.28. The van der Waals surface area contributed by atoms with Crippen LogP contribution in [0.1, 0.15) is 73.6 Å². The van der Waals surface area contributed by atoms with E-state index in [4.69, 9.17) is 9.47 Å². The zero-order chi connectivity index (χ0) is 19.5. The Morgan fingerprint density at radius 3 is 2.04 bits per heavy atom. The summed E-state index contributed by atoms with van der Waals surface area (Å²) < 4.78 is 10.4. The molecule has 0 radical (unpaired) electrons. The molecule has 0 spiro atoms. The topological polar surface area (TPSA) is 97.5 Å². The number of nitrogens with one attached hydrogen (secondary N) is 2. The molecule has 0 aliphatic heterocycles. The van der Waals surface area contributed by atoms with Gasteiger partial charge in [0.25, 0.3) is 5.91 Å². The van der Waals surface area contributed by atoms with Gasteiger partial charge in [0.15, 0.2) is 6.10 Å². The predicted molar refractivity (Wildman–Crippen MR) is 93.6 cm³/mol. The normalized spacial score (nSPS) is 12.7. The Balaban J connectivity index is 2.93. The van der Waals surface area contributed by atoms with E-state index < -0.39 is 23.6 Å². The molecule has 0 aromatic carbocycles. The molecule has 0 fully saturated rings. The molecule has 1 aromatic heterocycles. The molecular formula is C18H28N2O5. The van der Waals surface area contributed by atoms with Crippen LogP contribution in [0.25, 0.3) is 0 Å². The molecule has 0 unspecified atom stereocenters. The monoisotopic (exact) mass is 352 g/mol. The minimum absolute atomic E-state index is 0.142. The first-order valence-corrected chi connectivity index (χ1v) is 8.26. The zero-order valence-electron chi connectivity index (χ0n) is 16.2. The molecule has 1 aromatic rings. The quantitative estimate of drug-likeness (QED) is 0.794. The van der Waals surface area contributed by atoms with Crippen LogP contribution in [0, 0.1) is 13.8 Å². The smallest absolute Gasteiger partial charge is 0.355 e. The number of aryl methyl sites for hydroxylation is 1. The summed E-state index contributed by atoms with van der Waals surface area (Å²) in [5.74, 6) is -1.58. The van der Waals surface area contributed by atoms with Crippen molar-refractivity contribution in [2.24, 2.45) is 0 Å². The molecule has 1 amide bonds. The lowest BCUT2D eigenvalue weighted by Gasteiger charge is -2.23. The van der Waals surface area contributed by atoms with Crippen LogP contribution in [0.3, 0.4) is 0 Å². The molecule has 2 N–H and O–H groups in total. The Hall–Kier alpha value is -2.31. The van der Waals surface area contributed by atoms with Gasteiger partial charge in [0.1, 0.15) is 5.69 Å². The second-order valence-corrected chi connectivity index (χ2v) is 7.37. The van der Waals surface area contributed by atoms with Crippen molar-refractivity contribution in [3.63, 3.8) is 0 Å².